The minimum Gasteiger partial charge on any atom is -0.497 e. The second-order valence-corrected chi connectivity index (χ2v) is 6.27. The van der Waals surface area contributed by atoms with Gasteiger partial charge in [-0.25, -0.2) is 4.79 Å². The number of ether oxygens (including phenoxy) is 2. The molecule has 0 unspecified atom stereocenters. The fourth-order valence-electron chi connectivity index (χ4n) is 2.18. The van der Waals surface area contributed by atoms with E-state index in [0.29, 0.717) is 28.8 Å². The van der Waals surface area contributed by atoms with Gasteiger partial charge in [-0.1, -0.05) is 30.3 Å². The highest BCUT2D eigenvalue weighted by Crippen LogP contribution is 2.23. The molecule has 0 saturated heterocycles. The first kappa shape index (κ1) is 19.0. The van der Waals surface area contributed by atoms with E-state index in [1.54, 1.807) is 25.1 Å². The van der Waals surface area contributed by atoms with Crippen LogP contribution in [0.2, 0.25) is 0 Å². The first-order chi connectivity index (χ1) is 12.0. The number of nitrogens with one attached hydrogen (secondary N) is 1. The average molecular weight is 406 g/mol. The highest BCUT2D eigenvalue weighted by atomic mass is 79.9. The molecule has 0 heterocycles. The molecular weight excluding hydrogens is 386 g/mol. The fourth-order valence-corrected chi connectivity index (χ4v) is 2.59. The van der Waals surface area contributed by atoms with Crippen molar-refractivity contribution in [2.45, 2.75) is 19.4 Å². The zero-order chi connectivity index (χ0) is 18.2. The Bertz CT molecular complexity index is 733. The van der Waals surface area contributed by atoms with Gasteiger partial charge in [0.15, 0.2) is 6.10 Å². The average Bonchev–Trinajstić information content (AvgIpc) is 2.62. The van der Waals surface area contributed by atoms with Crippen LogP contribution in [0.25, 0.3) is 0 Å². The SMILES string of the molecule is COc1ccc(Br)c(C(=O)O[C@H](C)C(=O)NCCc2ccccc2)c1. The number of carbonyl (C=O) groups excluding carboxylic acids is 2. The Balaban J connectivity index is 1.87. The van der Waals surface area contributed by atoms with Gasteiger partial charge in [0.05, 0.1) is 12.7 Å². The van der Waals surface area contributed by atoms with Crippen molar-refractivity contribution in [2.75, 3.05) is 13.7 Å². The number of rotatable bonds is 7. The maximum absolute atomic E-state index is 12.3. The number of amides is 1. The smallest absolute Gasteiger partial charge is 0.340 e. The molecule has 0 spiro atoms. The summed E-state index contributed by atoms with van der Waals surface area (Å²) in [4.78, 5) is 24.3. The molecule has 2 rings (SSSR count). The summed E-state index contributed by atoms with van der Waals surface area (Å²) in [5, 5.41) is 2.77. The zero-order valence-corrected chi connectivity index (χ0v) is 15.7. The summed E-state index contributed by atoms with van der Waals surface area (Å²) in [6.07, 6.45) is -0.171. The van der Waals surface area contributed by atoms with Crippen molar-refractivity contribution in [3.8, 4) is 5.75 Å². The minimum atomic E-state index is -0.888. The highest BCUT2D eigenvalue weighted by Gasteiger charge is 2.20. The molecule has 0 fully saturated rings. The topological polar surface area (TPSA) is 64.6 Å². The van der Waals surface area contributed by atoms with Crippen LogP contribution >= 0.6 is 15.9 Å². The predicted octanol–water partition coefficient (Wildman–Crippen LogP) is 3.36. The van der Waals surface area contributed by atoms with Gasteiger partial charge in [0.25, 0.3) is 5.91 Å². The lowest BCUT2D eigenvalue weighted by atomic mass is 10.1. The maximum atomic E-state index is 12.3. The Morgan fingerprint density at radius 2 is 1.88 bits per heavy atom. The van der Waals surface area contributed by atoms with Crippen LogP contribution in [0.1, 0.15) is 22.8 Å². The van der Waals surface area contributed by atoms with Crippen molar-refractivity contribution in [3.05, 3.63) is 64.1 Å². The quantitative estimate of drug-likeness (QED) is 0.717. The first-order valence-electron chi connectivity index (χ1n) is 7.87. The standard InChI is InChI=1S/C19H20BrNO4/c1-13(18(22)21-11-10-14-6-4-3-5-7-14)25-19(23)16-12-15(24-2)8-9-17(16)20/h3-9,12-13H,10-11H2,1-2H3,(H,21,22)/t13-/m1/s1. The molecule has 1 atom stereocenters. The van der Waals surface area contributed by atoms with Crippen LogP contribution in [0.3, 0.4) is 0 Å². The Kier molecular flexibility index (Phi) is 7.01. The van der Waals surface area contributed by atoms with Crippen molar-refractivity contribution in [3.63, 3.8) is 0 Å². The van der Waals surface area contributed by atoms with Gasteiger partial charge >= 0.3 is 5.97 Å². The number of carbonyl (C=O) groups is 2. The Hall–Kier alpha value is -2.34. The summed E-state index contributed by atoms with van der Waals surface area (Å²) in [5.41, 5.74) is 1.44. The van der Waals surface area contributed by atoms with Crippen LogP contribution in [-0.2, 0) is 16.0 Å². The highest BCUT2D eigenvalue weighted by molar-refractivity contribution is 9.10. The summed E-state index contributed by atoms with van der Waals surface area (Å²) in [6.45, 7) is 2.03. The van der Waals surface area contributed by atoms with Crippen molar-refractivity contribution < 1.29 is 19.1 Å². The lowest BCUT2D eigenvalue weighted by Gasteiger charge is -2.14. The molecule has 1 N–H and O–H groups in total. The summed E-state index contributed by atoms with van der Waals surface area (Å²) >= 11 is 3.30. The van der Waals surface area contributed by atoms with E-state index in [9.17, 15) is 9.59 Å². The summed E-state index contributed by atoms with van der Waals surface area (Å²) in [6, 6.07) is 14.8. The van der Waals surface area contributed by atoms with E-state index < -0.39 is 12.1 Å². The second kappa shape index (κ2) is 9.22. The monoisotopic (exact) mass is 405 g/mol. The van der Waals surface area contributed by atoms with E-state index >= 15 is 0 Å². The van der Waals surface area contributed by atoms with Crippen LogP contribution in [0.15, 0.2) is 53.0 Å². The van der Waals surface area contributed by atoms with Crippen LogP contribution in [0, 0.1) is 0 Å². The number of halogens is 1. The van der Waals surface area contributed by atoms with Crippen LogP contribution in [-0.4, -0.2) is 31.6 Å². The van der Waals surface area contributed by atoms with E-state index in [1.165, 1.54) is 7.11 Å². The van der Waals surface area contributed by atoms with E-state index in [2.05, 4.69) is 21.2 Å². The third kappa shape index (κ3) is 5.60. The van der Waals surface area contributed by atoms with Gasteiger partial charge in [-0.3, -0.25) is 4.79 Å². The summed E-state index contributed by atoms with van der Waals surface area (Å²) < 4.78 is 10.9. The molecule has 0 bridgehead atoms. The summed E-state index contributed by atoms with van der Waals surface area (Å²) in [5.74, 6) is -0.380. The van der Waals surface area contributed by atoms with Gasteiger partial charge < -0.3 is 14.8 Å². The zero-order valence-electron chi connectivity index (χ0n) is 14.1. The molecule has 0 aliphatic carbocycles. The second-order valence-electron chi connectivity index (χ2n) is 5.42. The van der Waals surface area contributed by atoms with Crippen molar-refractivity contribution in [1.82, 2.24) is 5.32 Å². The van der Waals surface area contributed by atoms with Gasteiger partial charge in [0.2, 0.25) is 0 Å². The van der Waals surface area contributed by atoms with Crippen molar-refractivity contribution >= 4 is 27.8 Å². The van der Waals surface area contributed by atoms with Gasteiger partial charge in [0.1, 0.15) is 5.75 Å². The van der Waals surface area contributed by atoms with Gasteiger partial charge in [-0.2, -0.15) is 0 Å². The molecule has 132 valence electrons. The molecule has 0 aliphatic heterocycles. The fraction of sp³-hybridized carbons (Fsp3) is 0.263. The van der Waals surface area contributed by atoms with Crippen LogP contribution in [0.5, 0.6) is 5.75 Å². The number of esters is 1. The predicted molar refractivity (Wildman–Crippen MR) is 98.7 cm³/mol. The van der Waals surface area contributed by atoms with Crippen LogP contribution < -0.4 is 10.1 Å². The Morgan fingerprint density at radius 1 is 1.16 bits per heavy atom. The molecule has 0 aromatic heterocycles. The van der Waals surface area contributed by atoms with Gasteiger partial charge in [-0.15, -0.1) is 0 Å². The van der Waals surface area contributed by atoms with Gasteiger partial charge in [-0.05, 0) is 53.0 Å². The lowest BCUT2D eigenvalue weighted by Crippen LogP contribution is -2.37. The molecule has 2 aromatic carbocycles. The number of hydrogen-bond donors (Lipinski definition) is 1. The Labute approximate surface area is 155 Å². The largest absolute Gasteiger partial charge is 0.497 e. The van der Waals surface area contributed by atoms with Crippen molar-refractivity contribution in [1.29, 1.82) is 0 Å². The Morgan fingerprint density at radius 3 is 2.56 bits per heavy atom. The minimum absolute atomic E-state index is 0.309. The van der Waals surface area contributed by atoms with E-state index in [4.69, 9.17) is 9.47 Å². The maximum Gasteiger partial charge on any atom is 0.340 e. The molecule has 0 saturated carbocycles. The number of hydrogen-bond acceptors (Lipinski definition) is 4. The molecule has 5 nitrogen and oxygen atoms in total. The molecule has 2 aromatic rings. The molecule has 0 radical (unpaired) electrons. The molecular formula is C19H20BrNO4. The first-order valence-corrected chi connectivity index (χ1v) is 8.66. The molecule has 0 aliphatic rings. The van der Waals surface area contributed by atoms with E-state index in [1.807, 2.05) is 30.3 Å². The number of methoxy groups -OCH3 is 1. The number of benzene rings is 2. The molecule has 1 amide bonds. The lowest BCUT2D eigenvalue weighted by molar-refractivity contribution is -0.129. The third-order valence-electron chi connectivity index (χ3n) is 3.60. The summed E-state index contributed by atoms with van der Waals surface area (Å²) in [7, 11) is 1.52. The normalized spacial score (nSPS) is 11.5. The van der Waals surface area contributed by atoms with E-state index in [-0.39, 0.29) is 5.91 Å². The molecule has 6 heteroatoms. The van der Waals surface area contributed by atoms with E-state index in [0.717, 1.165) is 5.56 Å². The van der Waals surface area contributed by atoms with Crippen molar-refractivity contribution in [2.24, 2.45) is 0 Å². The van der Waals surface area contributed by atoms with Gasteiger partial charge in [0, 0.05) is 11.0 Å². The molecule has 25 heavy (non-hydrogen) atoms. The van der Waals surface area contributed by atoms with Crippen LogP contribution in [0.4, 0.5) is 0 Å². The third-order valence-corrected chi connectivity index (χ3v) is 4.29.